The highest BCUT2D eigenvalue weighted by atomic mass is 32.1. The van der Waals surface area contributed by atoms with E-state index < -0.39 is 0 Å². The van der Waals surface area contributed by atoms with Crippen LogP contribution in [0, 0.1) is 0 Å². The molecule has 0 aliphatic rings. The minimum atomic E-state index is 0.215. The van der Waals surface area contributed by atoms with Crippen molar-refractivity contribution in [1.82, 2.24) is 14.9 Å². The molecule has 0 fully saturated rings. The molecule has 2 rings (SSSR count). The fourth-order valence-electron chi connectivity index (χ4n) is 2.58. The Morgan fingerprint density at radius 2 is 1.76 bits per heavy atom. The predicted molar refractivity (Wildman–Crippen MR) is 89.9 cm³/mol. The Morgan fingerprint density at radius 1 is 1.05 bits per heavy atom. The van der Waals surface area contributed by atoms with Gasteiger partial charge in [0.25, 0.3) is 0 Å². The molecule has 1 heterocycles. The summed E-state index contributed by atoms with van der Waals surface area (Å²) in [4.78, 5) is 1.27. The molecule has 0 spiro atoms. The standard InChI is InChI=1S/C17H25N3S/c1-4-7-13-9-11-14(12-10-13)16(18-6-3)17-15(8-5-2)19-20-21-17/h9-12,16,18H,4-8H2,1-3H3. The van der Waals surface area contributed by atoms with Gasteiger partial charge < -0.3 is 5.32 Å². The molecule has 1 aromatic carbocycles. The Bertz CT molecular complexity index is 533. The summed E-state index contributed by atoms with van der Waals surface area (Å²) in [5.74, 6) is 0. The van der Waals surface area contributed by atoms with Crippen LogP contribution >= 0.6 is 11.5 Å². The zero-order chi connectivity index (χ0) is 15.1. The molecular weight excluding hydrogens is 278 g/mol. The Labute approximate surface area is 132 Å². The van der Waals surface area contributed by atoms with Gasteiger partial charge >= 0.3 is 0 Å². The molecule has 0 saturated heterocycles. The van der Waals surface area contributed by atoms with Crippen molar-refractivity contribution in [2.75, 3.05) is 6.54 Å². The number of nitrogens with zero attached hydrogens (tertiary/aromatic N) is 2. The van der Waals surface area contributed by atoms with E-state index in [4.69, 9.17) is 0 Å². The normalized spacial score (nSPS) is 12.5. The summed E-state index contributed by atoms with van der Waals surface area (Å²) >= 11 is 1.52. The molecular formula is C17H25N3S. The van der Waals surface area contributed by atoms with E-state index in [-0.39, 0.29) is 6.04 Å². The summed E-state index contributed by atoms with van der Waals surface area (Å²) < 4.78 is 4.17. The van der Waals surface area contributed by atoms with Gasteiger partial charge in [-0.3, -0.25) is 0 Å². The lowest BCUT2D eigenvalue weighted by Crippen LogP contribution is -2.22. The molecule has 3 nitrogen and oxygen atoms in total. The molecule has 2 aromatic rings. The first-order chi connectivity index (χ1) is 10.3. The van der Waals surface area contributed by atoms with Crippen LogP contribution in [-0.2, 0) is 12.8 Å². The molecule has 1 aromatic heterocycles. The molecule has 114 valence electrons. The third-order valence-electron chi connectivity index (χ3n) is 3.59. The predicted octanol–water partition coefficient (Wildman–Crippen LogP) is 4.14. The lowest BCUT2D eigenvalue weighted by Gasteiger charge is -2.18. The van der Waals surface area contributed by atoms with Crippen molar-refractivity contribution in [2.45, 2.75) is 52.5 Å². The minimum Gasteiger partial charge on any atom is -0.306 e. The van der Waals surface area contributed by atoms with Crippen LogP contribution in [0.25, 0.3) is 0 Å². The van der Waals surface area contributed by atoms with Gasteiger partial charge in [-0.15, -0.1) is 5.10 Å². The van der Waals surface area contributed by atoms with Gasteiger partial charge in [0.1, 0.15) is 0 Å². The summed E-state index contributed by atoms with van der Waals surface area (Å²) in [6, 6.07) is 9.20. The van der Waals surface area contributed by atoms with Crippen molar-refractivity contribution < 1.29 is 0 Å². The third-order valence-corrected chi connectivity index (χ3v) is 4.43. The monoisotopic (exact) mass is 303 g/mol. The Morgan fingerprint density at radius 3 is 2.38 bits per heavy atom. The van der Waals surface area contributed by atoms with Gasteiger partial charge in [-0.1, -0.05) is 62.4 Å². The number of benzene rings is 1. The quantitative estimate of drug-likeness (QED) is 0.796. The van der Waals surface area contributed by atoms with Gasteiger partial charge in [-0.05, 0) is 42.0 Å². The first-order valence-electron chi connectivity index (χ1n) is 7.93. The summed E-state index contributed by atoms with van der Waals surface area (Å²) in [6.45, 7) is 7.48. The zero-order valence-corrected chi connectivity index (χ0v) is 14.0. The van der Waals surface area contributed by atoms with Crippen LogP contribution in [0.3, 0.4) is 0 Å². The van der Waals surface area contributed by atoms with E-state index in [2.05, 4.69) is 59.9 Å². The molecule has 1 N–H and O–H groups in total. The van der Waals surface area contributed by atoms with E-state index in [9.17, 15) is 0 Å². The second-order valence-electron chi connectivity index (χ2n) is 5.32. The fourth-order valence-corrected chi connectivity index (χ4v) is 3.38. The van der Waals surface area contributed by atoms with Crippen LogP contribution in [0.15, 0.2) is 24.3 Å². The number of nitrogens with one attached hydrogen (secondary N) is 1. The Kier molecular flexibility index (Phi) is 6.33. The molecule has 1 atom stereocenters. The van der Waals surface area contributed by atoms with Gasteiger partial charge in [0, 0.05) is 0 Å². The molecule has 1 unspecified atom stereocenters. The number of rotatable bonds is 8. The zero-order valence-electron chi connectivity index (χ0n) is 13.2. The average molecular weight is 303 g/mol. The van der Waals surface area contributed by atoms with E-state index >= 15 is 0 Å². The van der Waals surface area contributed by atoms with Crippen LogP contribution in [0.4, 0.5) is 0 Å². The molecule has 0 bridgehead atoms. The maximum absolute atomic E-state index is 4.31. The Hall–Kier alpha value is -1.26. The van der Waals surface area contributed by atoms with Gasteiger partial charge in [-0.25, -0.2) is 0 Å². The molecule has 0 amide bonds. The SMILES string of the molecule is CCCc1ccc(C(NCC)c2snnc2CCC)cc1. The first-order valence-corrected chi connectivity index (χ1v) is 8.70. The van der Waals surface area contributed by atoms with Crippen molar-refractivity contribution in [3.63, 3.8) is 0 Å². The van der Waals surface area contributed by atoms with Crippen LogP contribution < -0.4 is 5.32 Å². The van der Waals surface area contributed by atoms with E-state index in [1.807, 2.05) is 0 Å². The average Bonchev–Trinajstić information content (AvgIpc) is 2.95. The summed E-state index contributed by atoms with van der Waals surface area (Å²) in [6.07, 6.45) is 4.44. The highest BCUT2D eigenvalue weighted by Crippen LogP contribution is 2.28. The second kappa shape index (κ2) is 8.25. The summed E-state index contributed by atoms with van der Waals surface area (Å²) in [5.41, 5.74) is 3.86. The number of hydrogen-bond donors (Lipinski definition) is 1. The minimum absolute atomic E-state index is 0.215. The molecule has 0 aliphatic heterocycles. The van der Waals surface area contributed by atoms with E-state index in [0.717, 1.165) is 31.5 Å². The molecule has 4 heteroatoms. The fraction of sp³-hybridized carbons (Fsp3) is 0.529. The summed E-state index contributed by atoms with van der Waals surface area (Å²) in [5, 5.41) is 7.89. The molecule has 0 aliphatic carbocycles. The van der Waals surface area contributed by atoms with Crippen molar-refractivity contribution in [3.05, 3.63) is 46.0 Å². The van der Waals surface area contributed by atoms with Gasteiger partial charge in [-0.2, -0.15) is 0 Å². The Balaban J connectivity index is 2.27. The van der Waals surface area contributed by atoms with Gasteiger partial charge in [0.05, 0.1) is 16.6 Å². The number of aryl methyl sites for hydroxylation is 2. The number of hydrogen-bond acceptors (Lipinski definition) is 4. The highest BCUT2D eigenvalue weighted by Gasteiger charge is 2.19. The van der Waals surface area contributed by atoms with Crippen LogP contribution in [0.2, 0.25) is 0 Å². The topological polar surface area (TPSA) is 37.8 Å². The summed E-state index contributed by atoms with van der Waals surface area (Å²) in [7, 11) is 0. The molecule has 0 saturated carbocycles. The van der Waals surface area contributed by atoms with Crippen molar-refractivity contribution in [3.8, 4) is 0 Å². The van der Waals surface area contributed by atoms with Crippen molar-refractivity contribution in [1.29, 1.82) is 0 Å². The van der Waals surface area contributed by atoms with E-state index in [1.165, 1.54) is 34.0 Å². The van der Waals surface area contributed by atoms with Crippen molar-refractivity contribution in [2.24, 2.45) is 0 Å². The van der Waals surface area contributed by atoms with E-state index in [0.29, 0.717) is 0 Å². The largest absolute Gasteiger partial charge is 0.306 e. The highest BCUT2D eigenvalue weighted by molar-refractivity contribution is 7.05. The lowest BCUT2D eigenvalue weighted by atomic mass is 10.00. The maximum Gasteiger partial charge on any atom is 0.0807 e. The van der Waals surface area contributed by atoms with E-state index in [1.54, 1.807) is 0 Å². The van der Waals surface area contributed by atoms with Crippen LogP contribution in [0.5, 0.6) is 0 Å². The van der Waals surface area contributed by atoms with Crippen LogP contribution in [0.1, 0.15) is 61.4 Å². The van der Waals surface area contributed by atoms with Crippen LogP contribution in [-0.4, -0.2) is 16.1 Å². The second-order valence-corrected chi connectivity index (χ2v) is 6.10. The first kappa shape index (κ1) is 16.1. The van der Waals surface area contributed by atoms with Gasteiger partial charge in [0.2, 0.25) is 0 Å². The smallest absolute Gasteiger partial charge is 0.0807 e. The van der Waals surface area contributed by atoms with Crippen molar-refractivity contribution >= 4 is 11.5 Å². The lowest BCUT2D eigenvalue weighted by molar-refractivity contribution is 0.630. The molecule has 21 heavy (non-hydrogen) atoms. The third kappa shape index (κ3) is 4.11. The van der Waals surface area contributed by atoms with Gasteiger partial charge in [0.15, 0.2) is 0 Å². The number of aromatic nitrogens is 2. The molecule has 0 radical (unpaired) electrons. The maximum atomic E-state index is 4.31.